The third-order valence-electron chi connectivity index (χ3n) is 2.67. The summed E-state index contributed by atoms with van der Waals surface area (Å²) >= 11 is 0. The van der Waals surface area contributed by atoms with Crippen LogP contribution in [0.2, 0.25) is 0 Å². The van der Waals surface area contributed by atoms with Crippen molar-refractivity contribution in [2.45, 2.75) is 0 Å². The summed E-state index contributed by atoms with van der Waals surface area (Å²) in [5, 5.41) is 9.63. The number of fused-ring (bicyclic) bond motifs is 1. The smallest absolute Gasteiger partial charge is 0.352 e. The number of carbonyl (C=O) groups is 1. The Morgan fingerprint density at radius 3 is 2.28 bits per heavy atom. The van der Waals surface area contributed by atoms with Crippen molar-refractivity contribution in [3.05, 3.63) is 17.8 Å². The first-order valence-corrected chi connectivity index (χ1v) is 5.17. The van der Waals surface area contributed by atoms with Gasteiger partial charge in [0.25, 0.3) is 0 Å². The molecule has 0 saturated carbocycles. The highest BCUT2D eigenvalue weighted by atomic mass is 16.5. The molecule has 0 atom stereocenters. The van der Waals surface area contributed by atoms with Gasteiger partial charge in [0.05, 0.1) is 26.8 Å². The fraction of sp³-hybridized carbons (Fsp3) is 0.250. The van der Waals surface area contributed by atoms with Gasteiger partial charge in [-0.3, -0.25) is 0 Å². The standard InChI is InChI=1S/C12H13NO5/c1-16-8-5-9(17-2)11(18-3)10-6(8)4-7(13-10)12(14)15/h4-5,13H,1-3H3,(H,14,15). The Hall–Kier alpha value is -2.37. The molecule has 0 aliphatic heterocycles. The minimum Gasteiger partial charge on any atom is -0.496 e. The molecular formula is C12H13NO5. The fourth-order valence-electron chi connectivity index (χ4n) is 1.85. The van der Waals surface area contributed by atoms with Crippen LogP contribution in [0.1, 0.15) is 10.5 Å². The zero-order valence-corrected chi connectivity index (χ0v) is 10.2. The number of rotatable bonds is 4. The molecule has 0 unspecified atom stereocenters. The second-order valence-electron chi connectivity index (χ2n) is 3.59. The van der Waals surface area contributed by atoms with Gasteiger partial charge in [0, 0.05) is 11.5 Å². The van der Waals surface area contributed by atoms with E-state index in [1.54, 1.807) is 6.07 Å². The summed E-state index contributed by atoms with van der Waals surface area (Å²) in [7, 11) is 4.50. The van der Waals surface area contributed by atoms with Crippen molar-refractivity contribution in [2.75, 3.05) is 21.3 Å². The summed E-state index contributed by atoms with van der Waals surface area (Å²) in [5.74, 6) is 0.391. The topological polar surface area (TPSA) is 80.8 Å². The van der Waals surface area contributed by atoms with E-state index < -0.39 is 5.97 Å². The zero-order chi connectivity index (χ0) is 13.3. The molecule has 18 heavy (non-hydrogen) atoms. The Kier molecular flexibility index (Phi) is 3.01. The van der Waals surface area contributed by atoms with Gasteiger partial charge in [0.2, 0.25) is 0 Å². The predicted molar refractivity (Wildman–Crippen MR) is 64.9 cm³/mol. The van der Waals surface area contributed by atoms with Gasteiger partial charge >= 0.3 is 5.97 Å². The number of nitrogens with one attached hydrogen (secondary N) is 1. The molecule has 1 aromatic heterocycles. The average Bonchev–Trinajstić information content (AvgIpc) is 2.81. The number of methoxy groups -OCH3 is 3. The molecule has 0 fully saturated rings. The monoisotopic (exact) mass is 251 g/mol. The Balaban J connectivity index is 2.82. The summed E-state index contributed by atoms with van der Waals surface area (Å²) in [6, 6.07) is 3.15. The first-order valence-electron chi connectivity index (χ1n) is 5.17. The third-order valence-corrected chi connectivity index (χ3v) is 2.67. The fourth-order valence-corrected chi connectivity index (χ4v) is 1.85. The lowest BCUT2D eigenvalue weighted by atomic mass is 10.2. The lowest BCUT2D eigenvalue weighted by molar-refractivity contribution is 0.0691. The molecule has 0 aliphatic carbocycles. The van der Waals surface area contributed by atoms with Gasteiger partial charge in [-0.15, -0.1) is 0 Å². The van der Waals surface area contributed by atoms with Crippen LogP contribution in [0.3, 0.4) is 0 Å². The number of H-pyrrole nitrogens is 1. The minimum atomic E-state index is -1.05. The molecule has 6 nitrogen and oxygen atoms in total. The van der Waals surface area contributed by atoms with E-state index in [2.05, 4.69) is 4.98 Å². The minimum absolute atomic E-state index is 0.0647. The van der Waals surface area contributed by atoms with Crippen molar-refractivity contribution >= 4 is 16.9 Å². The van der Waals surface area contributed by atoms with Crippen LogP contribution in [0, 0.1) is 0 Å². The molecule has 0 radical (unpaired) electrons. The normalized spacial score (nSPS) is 10.4. The van der Waals surface area contributed by atoms with Crippen LogP contribution in [0.4, 0.5) is 0 Å². The number of aromatic nitrogens is 1. The summed E-state index contributed by atoms with van der Waals surface area (Å²) in [6.07, 6.45) is 0. The van der Waals surface area contributed by atoms with E-state index in [0.29, 0.717) is 28.2 Å². The number of carboxylic acids is 1. The SMILES string of the molecule is COc1cc(OC)c2cc(C(=O)O)[nH]c2c1OC. The van der Waals surface area contributed by atoms with Gasteiger partial charge in [-0.1, -0.05) is 0 Å². The predicted octanol–water partition coefficient (Wildman–Crippen LogP) is 1.89. The Morgan fingerprint density at radius 1 is 1.11 bits per heavy atom. The number of aromatic amines is 1. The van der Waals surface area contributed by atoms with Crippen LogP contribution in [-0.2, 0) is 0 Å². The lowest BCUT2D eigenvalue weighted by Gasteiger charge is -2.11. The van der Waals surface area contributed by atoms with Crippen LogP contribution in [-0.4, -0.2) is 37.4 Å². The Bertz CT molecular complexity index is 602. The number of carboxylic acid groups (broad SMARTS) is 1. The number of ether oxygens (including phenoxy) is 3. The van der Waals surface area contributed by atoms with Gasteiger partial charge in [0.15, 0.2) is 11.5 Å². The number of hydrogen-bond donors (Lipinski definition) is 2. The third kappa shape index (κ3) is 1.71. The van der Waals surface area contributed by atoms with E-state index in [0.717, 1.165) is 0 Å². The first-order chi connectivity index (χ1) is 8.62. The van der Waals surface area contributed by atoms with Gasteiger partial charge in [-0.2, -0.15) is 0 Å². The average molecular weight is 251 g/mol. The van der Waals surface area contributed by atoms with Crippen molar-refractivity contribution in [1.82, 2.24) is 4.98 Å². The highest BCUT2D eigenvalue weighted by Gasteiger charge is 2.18. The highest BCUT2D eigenvalue weighted by molar-refractivity contribution is 6.00. The van der Waals surface area contributed by atoms with Crippen LogP contribution >= 0.6 is 0 Å². The molecular weight excluding hydrogens is 238 g/mol. The number of benzene rings is 1. The van der Waals surface area contributed by atoms with E-state index in [4.69, 9.17) is 19.3 Å². The molecule has 6 heteroatoms. The maximum Gasteiger partial charge on any atom is 0.352 e. The van der Waals surface area contributed by atoms with E-state index in [1.807, 2.05) is 0 Å². The Labute approximate surface area is 103 Å². The van der Waals surface area contributed by atoms with E-state index in [9.17, 15) is 4.79 Å². The molecule has 0 bridgehead atoms. The second-order valence-corrected chi connectivity index (χ2v) is 3.59. The quantitative estimate of drug-likeness (QED) is 0.867. The molecule has 1 heterocycles. The largest absolute Gasteiger partial charge is 0.496 e. The van der Waals surface area contributed by atoms with Crippen molar-refractivity contribution < 1.29 is 24.1 Å². The van der Waals surface area contributed by atoms with Crippen LogP contribution in [0.25, 0.3) is 10.9 Å². The first kappa shape index (κ1) is 12.1. The Morgan fingerprint density at radius 2 is 1.78 bits per heavy atom. The van der Waals surface area contributed by atoms with Crippen LogP contribution in [0.5, 0.6) is 17.2 Å². The number of hydrogen-bond acceptors (Lipinski definition) is 4. The molecule has 2 aromatic rings. The summed E-state index contributed by atoms with van der Waals surface area (Å²) < 4.78 is 15.6. The van der Waals surface area contributed by atoms with Crippen molar-refractivity contribution in [1.29, 1.82) is 0 Å². The molecule has 2 N–H and O–H groups in total. The molecule has 0 amide bonds. The molecule has 2 rings (SSSR count). The van der Waals surface area contributed by atoms with Gasteiger partial charge < -0.3 is 24.3 Å². The molecule has 0 aliphatic rings. The second kappa shape index (κ2) is 4.48. The van der Waals surface area contributed by atoms with E-state index >= 15 is 0 Å². The maximum absolute atomic E-state index is 11.0. The highest BCUT2D eigenvalue weighted by Crippen LogP contribution is 2.41. The van der Waals surface area contributed by atoms with Gasteiger partial charge in [-0.25, -0.2) is 4.79 Å². The molecule has 96 valence electrons. The van der Waals surface area contributed by atoms with E-state index in [-0.39, 0.29) is 5.69 Å². The summed E-state index contributed by atoms with van der Waals surface area (Å²) in [4.78, 5) is 13.8. The zero-order valence-electron chi connectivity index (χ0n) is 10.2. The van der Waals surface area contributed by atoms with Crippen molar-refractivity contribution in [2.24, 2.45) is 0 Å². The van der Waals surface area contributed by atoms with Crippen LogP contribution < -0.4 is 14.2 Å². The summed E-state index contributed by atoms with van der Waals surface area (Å²) in [6.45, 7) is 0. The van der Waals surface area contributed by atoms with Crippen LogP contribution in [0.15, 0.2) is 12.1 Å². The maximum atomic E-state index is 11.0. The summed E-state index contributed by atoms with van der Waals surface area (Å²) in [5.41, 5.74) is 0.598. The molecule has 0 saturated heterocycles. The van der Waals surface area contributed by atoms with Crippen molar-refractivity contribution in [3.8, 4) is 17.2 Å². The molecule has 1 aromatic carbocycles. The molecule has 0 spiro atoms. The number of aromatic carboxylic acids is 1. The van der Waals surface area contributed by atoms with E-state index in [1.165, 1.54) is 27.4 Å². The van der Waals surface area contributed by atoms with Gasteiger partial charge in [-0.05, 0) is 6.07 Å². The lowest BCUT2D eigenvalue weighted by Crippen LogP contribution is -1.96. The van der Waals surface area contributed by atoms with Crippen molar-refractivity contribution in [3.63, 3.8) is 0 Å². The van der Waals surface area contributed by atoms with Gasteiger partial charge in [0.1, 0.15) is 11.4 Å².